The van der Waals surface area contributed by atoms with E-state index in [-0.39, 0.29) is 18.3 Å². The molecule has 0 spiro atoms. The number of aliphatic carboxylic acids is 1. The van der Waals surface area contributed by atoms with Crippen LogP contribution in [0.3, 0.4) is 0 Å². The molecule has 1 heterocycles. The summed E-state index contributed by atoms with van der Waals surface area (Å²) >= 11 is 0. The average molecular weight is 496 g/mol. The molecule has 1 rings (SSSR count). The van der Waals surface area contributed by atoms with Crippen LogP contribution in [0.15, 0.2) is 12.5 Å². The van der Waals surface area contributed by atoms with E-state index >= 15 is 0 Å². The van der Waals surface area contributed by atoms with Gasteiger partial charge >= 0.3 is 5.97 Å². The summed E-state index contributed by atoms with van der Waals surface area (Å²) < 4.78 is 0. The topological polar surface area (TPSA) is 222 Å². The number of nitrogens with zero attached hydrogens (tertiary/aromatic N) is 1. The van der Waals surface area contributed by atoms with Gasteiger partial charge in [0.05, 0.1) is 18.8 Å². The van der Waals surface area contributed by atoms with Crippen LogP contribution in [0.25, 0.3) is 0 Å². The molecule has 13 heteroatoms. The Morgan fingerprint density at radius 3 is 2.14 bits per heavy atom. The van der Waals surface area contributed by atoms with Crippen molar-refractivity contribution in [3.63, 3.8) is 0 Å². The molecule has 0 saturated carbocycles. The molecule has 0 saturated heterocycles. The Kier molecular flexibility index (Phi) is 11.9. The molecule has 9 N–H and O–H groups in total. The zero-order valence-corrected chi connectivity index (χ0v) is 20.5. The van der Waals surface area contributed by atoms with Gasteiger partial charge in [0, 0.05) is 18.3 Å². The third-order valence-electron chi connectivity index (χ3n) is 5.49. The third-order valence-corrected chi connectivity index (χ3v) is 5.49. The summed E-state index contributed by atoms with van der Waals surface area (Å²) in [5.41, 5.74) is 11.6. The molecule has 4 amide bonds. The first-order chi connectivity index (χ1) is 16.3. The normalized spacial score (nSPS) is 15.4. The van der Waals surface area contributed by atoms with Gasteiger partial charge in [-0.25, -0.2) is 9.78 Å². The number of hydrogen-bond donors (Lipinski definition) is 7. The van der Waals surface area contributed by atoms with Crippen LogP contribution >= 0.6 is 0 Å². The fraction of sp³-hybridized carbons (Fsp3) is 0.636. The number of amides is 4. The molecule has 5 atom stereocenters. The first kappa shape index (κ1) is 29.6. The van der Waals surface area contributed by atoms with Crippen LogP contribution in [0, 0.1) is 11.8 Å². The minimum Gasteiger partial charge on any atom is -0.480 e. The van der Waals surface area contributed by atoms with Gasteiger partial charge in [-0.05, 0) is 18.3 Å². The van der Waals surface area contributed by atoms with Gasteiger partial charge in [-0.3, -0.25) is 19.2 Å². The summed E-state index contributed by atoms with van der Waals surface area (Å²) in [5, 5.41) is 16.9. The highest BCUT2D eigenvalue weighted by molar-refractivity contribution is 5.96. The van der Waals surface area contributed by atoms with Gasteiger partial charge in [0.2, 0.25) is 23.6 Å². The molecule has 13 nitrogen and oxygen atoms in total. The lowest BCUT2D eigenvalue weighted by molar-refractivity contribution is -0.142. The molecule has 1 aromatic rings. The van der Waals surface area contributed by atoms with E-state index in [1.165, 1.54) is 12.5 Å². The highest BCUT2D eigenvalue weighted by Gasteiger charge is 2.33. The summed E-state index contributed by atoms with van der Waals surface area (Å²) in [4.78, 5) is 68.2. The van der Waals surface area contributed by atoms with Crippen LogP contribution in [0.2, 0.25) is 0 Å². The first-order valence-electron chi connectivity index (χ1n) is 11.5. The second-order valence-corrected chi connectivity index (χ2v) is 9.02. The minimum absolute atomic E-state index is 0.0996. The van der Waals surface area contributed by atoms with Crippen molar-refractivity contribution < 1.29 is 29.1 Å². The van der Waals surface area contributed by atoms with Crippen molar-refractivity contribution in [1.82, 2.24) is 25.9 Å². The molecule has 0 fully saturated rings. The second-order valence-electron chi connectivity index (χ2n) is 9.02. The number of nitrogens with one attached hydrogen (secondary N) is 4. The molecular formula is C22H37N7O6. The molecular weight excluding hydrogens is 458 g/mol. The molecule has 0 aliphatic heterocycles. The number of carboxylic acid groups (broad SMARTS) is 1. The predicted molar refractivity (Wildman–Crippen MR) is 126 cm³/mol. The van der Waals surface area contributed by atoms with Crippen LogP contribution < -0.4 is 27.4 Å². The average Bonchev–Trinajstić information content (AvgIpc) is 3.27. The SMILES string of the molecule is CCC(C)C(NC(=O)C(N)CC(C)C)C(=O)NC(CC(N)=O)C(=O)NC(Cc1cnc[nH]1)C(=O)O. The fourth-order valence-corrected chi connectivity index (χ4v) is 3.34. The summed E-state index contributed by atoms with van der Waals surface area (Å²) in [6, 6.07) is -4.65. The van der Waals surface area contributed by atoms with Crippen molar-refractivity contribution in [3.05, 3.63) is 18.2 Å². The maximum atomic E-state index is 13.1. The lowest BCUT2D eigenvalue weighted by Crippen LogP contribution is -2.59. The Balaban J connectivity index is 3.00. The summed E-state index contributed by atoms with van der Waals surface area (Å²) in [6.07, 6.45) is 3.05. The quantitative estimate of drug-likeness (QED) is 0.156. The van der Waals surface area contributed by atoms with Crippen LogP contribution in [0.5, 0.6) is 0 Å². The Morgan fingerprint density at radius 2 is 1.66 bits per heavy atom. The van der Waals surface area contributed by atoms with Crippen molar-refractivity contribution >= 4 is 29.6 Å². The maximum absolute atomic E-state index is 13.1. The van der Waals surface area contributed by atoms with E-state index in [2.05, 4.69) is 25.9 Å². The zero-order valence-electron chi connectivity index (χ0n) is 20.5. The summed E-state index contributed by atoms with van der Waals surface area (Å²) in [6.45, 7) is 7.39. The standard InChI is InChI=1S/C22H37N7O6/c1-5-12(4)18(29-19(31)14(23)6-11(2)3)21(33)27-15(8-17(24)30)20(32)28-16(22(34)35)7-13-9-25-10-26-13/h9-12,14-16,18H,5-8,23H2,1-4H3,(H2,24,30)(H,25,26)(H,27,33)(H,28,32)(H,29,31)(H,34,35). The lowest BCUT2D eigenvalue weighted by atomic mass is 9.96. The van der Waals surface area contributed by atoms with E-state index in [0.29, 0.717) is 18.5 Å². The Labute approximate surface area is 204 Å². The smallest absolute Gasteiger partial charge is 0.326 e. The Hall–Kier alpha value is -3.48. The van der Waals surface area contributed by atoms with Crippen molar-refractivity contribution in [2.24, 2.45) is 23.3 Å². The number of nitrogens with two attached hydrogens (primary N) is 2. The van der Waals surface area contributed by atoms with Gasteiger partial charge in [0.25, 0.3) is 0 Å². The third kappa shape index (κ3) is 10.1. The van der Waals surface area contributed by atoms with Gasteiger partial charge in [0.15, 0.2) is 0 Å². The van der Waals surface area contributed by atoms with E-state index in [1.807, 2.05) is 20.8 Å². The molecule has 1 aromatic heterocycles. The highest BCUT2D eigenvalue weighted by atomic mass is 16.4. The fourth-order valence-electron chi connectivity index (χ4n) is 3.34. The van der Waals surface area contributed by atoms with Crippen LogP contribution in [-0.4, -0.2) is 68.8 Å². The van der Waals surface area contributed by atoms with Crippen molar-refractivity contribution in [2.75, 3.05) is 0 Å². The van der Waals surface area contributed by atoms with Gasteiger partial charge in [0.1, 0.15) is 18.1 Å². The Morgan fingerprint density at radius 1 is 1.03 bits per heavy atom. The predicted octanol–water partition coefficient (Wildman–Crippen LogP) is -1.21. The molecule has 196 valence electrons. The Bertz CT molecular complexity index is 874. The van der Waals surface area contributed by atoms with E-state index in [4.69, 9.17) is 11.5 Å². The van der Waals surface area contributed by atoms with Crippen LogP contribution in [-0.2, 0) is 30.4 Å². The second kappa shape index (κ2) is 14.0. The van der Waals surface area contributed by atoms with Gasteiger partial charge in [-0.1, -0.05) is 34.1 Å². The van der Waals surface area contributed by atoms with Crippen molar-refractivity contribution in [3.8, 4) is 0 Å². The molecule has 0 radical (unpaired) electrons. The molecule has 5 unspecified atom stereocenters. The largest absolute Gasteiger partial charge is 0.480 e. The van der Waals surface area contributed by atoms with E-state index in [1.54, 1.807) is 6.92 Å². The number of imidazole rings is 1. The van der Waals surface area contributed by atoms with Crippen LogP contribution in [0.4, 0.5) is 0 Å². The summed E-state index contributed by atoms with van der Waals surface area (Å²) in [7, 11) is 0. The lowest BCUT2D eigenvalue weighted by Gasteiger charge is -2.28. The van der Waals surface area contributed by atoms with Gasteiger partial charge < -0.3 is 37.5 Å². The number of hydrogen-bond acceptors (Lipinski definition) is 7. The molecule has 0 bridgehead atoms. The number of rotatable bonds is 15. The number of aromatic amines is 1. The molecule has 0 aromatic carbocycles. The minimum atomic E-state index is -1.45. The number of H-pyrrole nitrogens is 1. The molecule has 0 aliphatic rings. The number of aromatic nitrogens is 2. The number of carboxylic acids is 1. The van der Waals surface area contributed by atoms with Gasteiger partial charge in [-0.15, -0.1) is 0 Å². The zero-order chi connectivity index (χ0) is 26.7. The van der Waals surface area contributed by atoms with Gasteiger partial charge in [-0.2, -0.15) is 0 Å². The molecule has 0 aliphatic carbocycles. The van der Waals surface area contributed by atoms with Crippen molar-refractivity contribution in [2.45, 2.75) is 77.5 Å². The number of carbonyl (C=O) groups excluding carboxylic acids is 4. The number of primary amides is 1. The monoisotopic (exact) mass is 495 g/mol. The van der Waals surface area contributed by atoms with E-state index in [0.717, 1.165) is 0 Å². The first-order valence-corrected chi connectivity index (χ1v) is 11.5. The summed E-state index contributed by atoms with van der Waals surface area (Å²) in [5.74, 6) is -4.49. The highest BCUT2D eigenvalue weighted by Crippen LogP contribution is 2.11. The number of carbonyl (C=O) groups is 5. The van der Waals surface area contributed by atoms with Crippen molar-refractivity contribution in [1.29, 1.82) is 0 Å². The van der Waals surface area contributed by atoms with Crippen LogP contribution in [0.1, 0.15) is 52.7 Å². The molecule has 35 heavy (non-hydrogen) atoms. The van der Waals surface area contributed by atoms with E-state index in [9.17, 15) is 29.1 Å². The van der Waals surface area contributed by atoms with E-state index < -0.39 is 60.2 Å². The maximum Gasteiger partial charge on any atom is 0.326 e.